The van der Waals surface area contributed by atoms with Crippen molar-refractivity contribution in [1.29, 1.82) is 0 Å². The van der Waals surface area contributed by atoms with Crippen LogP contribution in [-0.4, -0.2) is 43.1 Å². The van der Waals surface area contributed by atoms with E-state index in [0.717, 1.165) is 38.1 Å². The molecule has 146 valence electrons. The lowest BCUT2D eigenvalue weighted by Crippen LogP contribution is -2.41. The number of carbonyl (C=O) groups excluding carboxylic acids is 1. The molecule has 1 amide bonds. The number of benzene rings is 1. The second-order valence-corrected chi connectivity index (χ2v) is 6.61. The van der Waals surface area contributed by atoms with Gasteiger partial charge in [0.2, 0.25) is 0 Å². The summed E-state index contributed by atoms with van der Waals surface area (Å²) in [7, 11) is 0. The quantitative estimate of drug-likeness (QED) is 0.705. The zero-order valence-corrected chi connectivity index (χ0v) is 15.1. The number of ether oxygens (including phenoxy) is 1. The number of rotatable bonds is 8. The highest BCUT2D eigenvalue weighted by molar-refractivity contribution is 5.77. The van der Waals surface area contributed by atoms with E-state index in [1.54, 1.807) is 0 Å². The molecule has 0 aliphatic carbocycles. The van der Waals surface area contributed by atoms with Crippen LogP contribution < -0.4 is 10.1 Å². The summed E-state index contributed by atoms with van der Waals surface area (Å²) in [6.07, 6.45) is 1.34. The molecule has 0 aromatic heterocycles. The minimum Gasteiger partial charge on any atom is -0.484 e. The van der Waals surface area contributed by atoms with E-state index in [2.05, 4.69) is 17.1 Å². The van der Waals surface area contributed by atoms with E-state index in [-0.39, 0.29) is 18.3 Å². The van der Waals surface area contributed by atoms with Crippen molar-refractivity contribution in [3.63, 3.8) is 0 Å². The summed E-state index contributed by atoms with van der Waals surface area (Å²) >= 11 is 0. The molecule has 1 aliphatic heterocycles. The van der Waals surface area contributed by atoms with Gasteiger partial charge in [-0.15, -0.1) is 0 Å². The number of halogens is 3. The summed E-state index contributed by atoms with van der Waals surface area (Å²) in [6.45, 7) is 4.52. The number of amides is 1. The third-order valence-corrected chi connectivity index (χ3v) is 4.70. The molecule has 1 fully saturated rings. The highest BCUT2D eigenvalue weighted by Crippen LogP contribution is 2.31. The average Bonchev–Trinajstić information content (AvgIpc) is 2.63. The summed E-state index contributed by atoms with van der Waals surface area (Å²) in [6, 6.07) is 5.18. The summed E-state index contributed by atoms with van der Waals surface area (Å²) in [5.41, 5.74) is -0.789. The fourth-order valence-corrected chi connectivity index (χ4v) is 3.29. The Morgan fingerprint density at radius 3 is 2.88 bits per heavy atom. The van der Waals surface area contributed by atoms with Crippen molar-refractivity contribution in [2.24, 2.45) is 0 Å². The van der Waals surface area contributed by atoms with Crippen molar-refractivity contribution in [1.82, 2.24) is 10.2 Å². The molecule has 1 heterocycles. The van der Waals surface area contributed by atoms with Crippen LogP contribution in [0, 0.1) is 0 Å². The first-order valence-electron chi connectivity index (χ1n) is 9.21. The molecule has 2 rings (SSSR count). The van der Waals surface area contributed by atoms with Gasteiger partial charge in [0, 0.05) is 19.1 Å². The summed E-state index contributed by atoms with van der Waals surface area (Å²) in [5.74, 6) is -0.290. The third kappa shape index (κ3) is 6.52. The average molecular weight is 372 g/mol. The molecular weight excluding hydrogens is 345 g/mol. The molecule has 1 aromatic carbocycles. The molecule has 0 saturated carbocycles. The topological polar surface area (TPSA) is 41.6 Å². The van der Waals surface area contributed by atoms with Crippen molar-refractivity contribution >= 4 is 5.91 Å². The Kier molecular flexibility index (Phi) is 7.75. The Bertz CT molecular complexity index is 578. The molecule has 4 nitrogen and oxygen atoms in total. The van der Waals surface area contributed by atoms with Crippen LogP contribution in [0.25, 0.3) is 0 Å². The lowest BCUT2D eigenvalue weighted by atomic mass is 10.00. The van der Waals surface area contributed by atoms with E-state index < -0.39 is 11.7 Å². The standard InChI is InChI=1S/C19H27F3N2O2/c1-2-16-8-3-4-11-24(16)12-6-10-23-18(25)14-26-17-9-5-7-15(13-17)19(20,21)22/h5,7,9,13,16H,2-4,6,8,10-12,14H2,1H3,(H,23,25). The number of alkyl halides is 3. The molecule has 1 aliphatic rings. The first-order chi connectivity index (χ1) is 12.4. The first kappa shape index (κ1) is 20.6. The number of nitrogens with one attached hydrogen (secondary N) is 1. The van der Waals surface area contributed by atoms with Gasteiger partial charge in [-0.1, -0.05) is 19.4 Å². The zero-order chi connectivity index (χ0) is 19.0. The van der Waals surface area contributed by atoms with Gasteiger partial charge in [0.1, 0.15) is 5.75 Å². The number of likely N-dealkylation sites (tertiary alicyclic amines) is 1. The zero-order valence-electron chi connectivity index (χ0n) is 15.1. The summed E-state index contributed by atoms with van der Waals surface area (Å²) in [4.78, 5) is 14.3. The van der Waals surface area contributed by atoms with Gasteiger partial charge in [-0.3, -0.25) is 4.79 Å². The van der Waals surface area contributed by atoms with Crippen LogP contribution in [-0.2, 0) is 11.0 Å². The van der Waals surface area contributed by atoms with E-state index >= 15 is 0 Å². The minimum absolute atomic E-state index is 0.0362. The van der Waals surface area contributed by atoms with Gasteiger partial charge in [0.15, 0.2) is 6.61 Å². The second kappa shape index (κ2) is 9.80. The number of hydrogen-bond donors (Lipinski definition) is 1. The van der Waals surface area contributed by atoms with Gasteiger partial charge in [-0.2, -0.15) is 13.2 Å². The van der Waals surface area contributed by atoms with Crippen molar-refractivity contribution in [2.45, 2.75) is 51.2 Å². The number of piperidine rings is 1. The fourth-order valence-electron chi connectivity index (χ4n) is 3.29. The Morgan fingerprint density at radius 1 is 1.35 bits per heavy atom. The molecule has 0 bridgehead atoms. The van der Waals surface area contributed by atoms with E-state index in [4.69, 9.17) is 4.74 Å². The molecule has 1 N–H and O–H groups in total. The molecule has 1 unspecified atom stereocenters. The van der Waals surface area contributed by atoms with E-state index in [1.165, 1.54) is 31.4 Å². The lowest BCUT2D eigenvalue weighted by molar-refractivity contribution is -0.137. The van der Waals surface area contributed by atoms with Gasteiger partial charge < -0.3 is 15.0 Å². The molecule has 0 radical (unpaired) electrons. The van der Waals surface area contributed by atoms with E-state index in [1.807, 2.05) is 0 Å². The van der Waals surface area contributed by atoms with Crippen LogP contribution in [0.5, 0.6) is 5.75 Å². The van der Waals surface area contributed by atoms with Crippen molar-refractivity contribution in [3.05, 3.63) is 29.8 Å². The Labute approximate surface area is 152 Å². The van der Waals surface area contributed by atoms with Gasteiger partial charge in [-0.25, -0.2) is 0 Å². The molecular formula is C19H27F3N2O2. The normalized spacial score (nSPS) is 18.5. The maximum atomic E-state index is 12.6. The maximum absolute atomic E-state index is 12.6. The van der Waals surface area contributed by atoms with Crippen molar-refractivity contribution < 1.29 is 22.7 Å². The predicted octanol–water partition coefficient (Wildman–Crippen LogP) is 3.86. The smallest absolute Gasteiger partial charge is 0.416 e. The molecule has 1 atom stereocenters. The third-order valence-electron chi connectivity index (χ3n) is 4.70. The minimum atomic E-state index is -4.42. The van der Waals surface area contributed by atoms with E-state index in [0.29, 0.717) is 12.6 Å². The summed E-state index contributed by atoms with van der Waals surface area (Å²) in [5, 5.41) is 2.76. The highest BCUT2D eigenvalue weighted by Gasteiger charge is 2.30. The van der Waals surface area contributed by atoms with Crippen LogP contribution in [0.1, 0.15) is 44.6 Å². The molecule has 1 aromatic rings. The molecule has 26 heavy (non-hydrogen) atoms. The van der Waals surface area contributed by atoms with E-state index in [9.17, 15) is 18.0 Å². The first-order valence-corrected chi connectivity index (χ1v) is 9.21. The molecule has 1 saturated heterocycles. The Balaban J connectivity index is 1.66. The van der Waals surface area contributed by atoms with Gasteiger partial charge in [0.25, 0.3) is 5.91 Å². The Morgan fingerprint density at radius 2 is 2.15 bits per heavy atom. The van der Waals surface area contributed by atoms with Crippen LogP contribution in [0.3, 0.4) is 0 Å². The number of carbonyl (C=O) groups is 1. The number of nitrogens with zero attached hydrogens (tertiary/aromatic N) is 1. The lowest BCUT2D eigenvalue weighted by Gasteiger charge is -2.35. The predicted molar refractivity (Wildman–Crippen MR) is 94.1 cm³/mol. The van der Waals surface area contributed by atoms with Gasteiger partial charge >= 0.3 is 6.18 Å². The Hall–Kier alpha value is -1.76. The number of hydrogen-bond acceptors (Lipinski definition) is 3. The van der Waals surface area contributed by atoms with Gasteiger partial charge in [0.05, 0.1) is 5.56 Å². The maximum Gasteiger partial charge on any atom is 0.416 e. The van der Waals surface area contributed by atoms with Crippen LogP contribution >= 0.6 is 0 Å². The van der Waals surface area contributed by atoms with Crippen LogP contribution in [0.2, 0.25) is 0 Å². The molecule has 7 heteroatoms. The van der Waals surface area contributed by atoms with Crippen LogP contribution in [0.4, 0.5) is 13.2 Å². The largest absolute Gasteiger partial charge is 0.484 e. The molecule has 0 spiro atoms. The fraction of sp³-hybridized carbons (Fsp3) is 0.632. The summed E-state index contributed by atoms with van der Waals surface area (Å²) < 4.78 is 43.1. The second-order valence-electron chi connectivity index (χ2n) is 6.61. The van der Waals surface area contributed by atoms with Crippen molar-refractivity contribution in [3.8, 4) is 5.75 Å². The monoisotopic (exact) mass is 372 g/mol. The van der Waals surface area contributed by atoms with Gasteiger partial charge in [-0.05, 0) is 50.4 Å². The van der Waals surface area contributed by atoms with Crippen molar-refractivity contribution in [2.75, 3.05) is 26.2 Å². The van der Waals surface area contributed by atoms with Crippen LogP contribution in [0.15, 0.2) is 24.3 Å². The SMILES string of the molecule is CCC1CCCCN1CCCNC(=O)COc1cccc(C(F)(F)F)c1. The highest BCUT2D eigenvalue weighted by atomic mass is 19.4.